The van der Waals surface area contributed by atoms with Gasteiger partial charge in [-0.3, -0.25) is 0 Å². The first kappa shape index (κ1) is 9.23. The van der Waals surface area contributed by atoms with Crippen molar-refractivity contribution in [1.82, 2.24) is 0 Å². The quantitative estimate of drug-likeness (QED) is 0.445. The molecule has 0 bridgehead atoms. The molecule has 0 radical (unpaired) electrons. The number of hydrogen-bond donors (Lipinski definition) is 0. The fourth-order valence-electron chi connectivity index (χ4n) is 0.452. The summed E-state index contributed by atoms with van der Waals surface area (Å²) in [7, 11) is 1.25. The average Bonchev–Trinajstić information content (AvgIpc) is 1.88. The Bertz CT molecular complexity index is 102. The smallest absolute Gasteiger partial charge is 0.438 e. The third-order valence-electron chi connectivity index (χ3n) is 0.830. The molecule has 0 amide bonds. The van der Waals surface area contributed by atoms with Gasteiger partial charge in [0.05, 0.1) is 7.11 Å². The Morgan fingerprint density at radius 2 is 2.20 bits per heavy atom. The number of methoxy groups -OCH3 is 1. The molecule has 0 rings (SSSR count). The lowest BCUT2D eigenvalue weighted by Gasteiger charge is -2.10. The molecule has 4 nitrogen and oxygen atoms in total. The van der Waals surface area contributed by atoms with Gasteiger partial charge in [-0.25, -0.2) is 4.79 Å². The number of ether oxygens (including phenoxy) is 3. The summed E-state index contributed by atoms with van der Waals surface area (Å²) in [5, 5.41) is 0. The van der Waals surface area contributed by atoms with Crippen molar-refractivity contribution in [3.05, 3.63) is 0 Å². The minimum atomic E-state index is -0.721. The first-order chi connectivity index (χ1) is 4.70. The van der Waals surface area contributed by atoms with E-state index in [0.29, 0.717) is 6.61 Å². The Labute approximate surface area is 60.1 Å². The van der Waals surface area contributed by atoms with Crippen LogP contribution in [-0.4, -0.2) is 26.2 Å². The SMILES string of the molecule is CCOC(C)OC(=O)OC. The van der Waals surface area contributed by atoms with E-state index in [0.717, 1.165) is 0 Å². The molecule has 0 aliphatic heterocycles. The van der Waals surface area contributed by atoms with Crippen LogP contribution in [0.3, 0.4) is 0 Å². The minimum Gasteiger partial charge on any atom is -0.438 e. The molecular formula is C6H12O4. The van der Waals surface area contributed by atoms with E-state index in [1.165, 1.54) is 7.11 Å². The zero-order chi connectivity index (χ0) is 7.98. The fourth-order valence-corrected chi connectivity index (χ4v) is 0.452. The van der Waals surface area contributed by atoms with Crippen LogP contribution in [0.2, 0.25) is 0 Å². The van der Waals surface area contributed by atoms with Crippen LogP contribution in [0.1, 0.15) is 13.8 Å². The second-order valence-corrected chi connectivity index (χ2v) is 1.59. The van der Waals surface area contributed by atoms with Crippen molar-refractivity contribution >= 4 is 6.16 Å². The van der Waals surface area contributed by atoms with Gasteiger partial charge in [0.25, 0.3) is 0 Å². The summed E-state index contributed by atoms with van der Waals surface area (Å²) in [6.07, 6.45) is -1.25. The van der Waals surface area contributed by atoms with Crippen molar-refractivity contribution in [2.24, 2.45) is 0 Å². The minimum absolute atomic E-state index is 0.512. The molecule has 0 N–H and O–H groups in total. The molecule has 0 saturated heterocycles. The molecule has 4 heteroatoms. The van der Waals surface area contributed by atoms with Gasteiger partial charge in [0, 0.05) is 6.61 Å². The summed E-state index contributed by atoms with van der Waals surface area (Å²) < 4.78 is 13.7. The predicted molar refractivity (Wildman–Crippen MR) is 34.6 cm³/mol. The Kier molecular flexibility index (Phi) is 4.66. The fraction of sp³-hybridized carbons (Fsp3) is 0.833. The van der Waals surface area contributed by atoms with E-state index in [-0.39, 0.29) is 0 Å². The molecule has 0 saturated carbocycles. The molecule has 0 aliphatic carbocycles. The average molecular weight is 148 g/mol. The topological polar surface area (TPSA) is 44.8 Å². The Hall–Kier alpha value is -0.770. The lowest BCUT2D eigenvalue weighted by molar-refractivity contribution is -0.104. The van der Waals surface area contributed by atoms with Crippen LogP contribution in [0.25, 0.3) is 0 Å². The Balaban J connectivity index is 3.37. The molecule has 0 spiro atoms. The van der Waals surface area contributed by atoms with Crippen molar-refractivity contribution in [2.45, 2.75) is 20.1 Å². The third-order valence-corrected chi connectivity index (χ3v) is 0.830. The maximum absolute atomic E-state index is 10.4. The van der Waals surface area contributed by atoms with Gasteiger partial charge in [0.2, 0.25) is 6.29 Å². The molecule has 1 unspecified atom stereocenters. The molecular weight excluding hydrogens is 136 g/mol. The maximum Gasteiger partial charge on any atom is 0.510 e. The Morgan fingerprint density at radius 1 is 1.60 bits per heavy atom. The predicted octanol–water partition coefficient (Wildman–Crippen LogP) is 1.15. The highest BCUT2D eigenvalue weighted by Gasteiger charge is 2.06. The lowest BCUT2D eigenvalue weighted by atomic mass is 10.7. The van der Waals surface area contributed by atoms with Crippen LogP contribution < -0.4 is 0 Å². The van der Waals surface area contributed by atoms with Crippen molar-refractivity contribution in [3.63, 3.8) is 0 Å². The number of hydrogen-bond acceptors (Lipinski definition) is 4. The van der Waals surface area contributed by atoms with Crippen LogP contribution in [0, 0.1) is 0 Å². The number of carbonyl (C=O) groups is 1. The van der Waals surface area contributed by atoms with E-state index >= 15 is 0 Å². The standard InChI is InChI=1S/C6H12O4/c1-4-9-5(2)10-6(7)8-3/h5H,4H2,1-3H3. The number of rotatable bonds is 3. The van der Waals surface area contributed by atoms with E-state index in [9.17, 15) is 4.79 Å². The largest absolute Gasteiger partial charge is 0.510 e. The van der Waals surface area contributed by atoms with Crippen LogP contribution >= 0.6 is 0 Å². The van der Waals surface area contributed by atoms with Crippen molar-refractivity contribution in [3.8, 4) is 0 Å². The molecule has 0 aromatic heterocycles. The van der Waals surface area contributed by atoms with Gasteiger partial charge in [-0.1, -0.05) is 0 Å². The van der Waals surface area contributed by atoms with E-state index in [4.69, 9.17) is 4.74 Å². The molecule has 0 heterocycles. The van der Waals surface area contributed by atoms with E-state index in [1.54, 1.807) is 6.92 Å². The Morgan fingerprint density at radius 3 is 2.60 bits per heavy atom. The second kappa shape index (κ2) is 5.05. The zero-order valence-electron chi connectivity index (χ0n) is 6.42. The lowest BCUT2D eigenvalue weighted by Crippen LogP contribution is -2.17. The molecule has 0 aromatic carbocycles. The van der Waals surface area contributed by atoms with Gasteiger partial charge in [-0.2, -0.15) is 0 Å². The molecule has 10 heavy (non-hydrogen) atoms. The summed E-state index contributed by atoms with van der Waals surface area (Å²) in [6.45, 7) is 3.95. The van der Waals surface area contributed by atoms with E-state index in [1.807, 2.05) is 6.92 Å². The molecule has 60 valence electrons. The summed E-state index contributed by atoms with van der Waals surface area (Å²) in [6, 6.07) is 0. The van der Waals surface area contributed by atoms with Crippen LogP contribution in [0.4, 0.5) is 4.79 Å². The highest BCUT2D eigenvalue weighted by molar-refractivity contribution is 5.59. The molecule has 1 atom stereocenters. The molecule has 0 aromatic rings. The summed E-state index contributed by atoms with van der Waals surface area (Å²) in [5.41, 5.74) is 0. The van der Waals surface area contributed by atoms with Crippen molar-refractivity contribution in [2.75, 3.05) is 13.7 Å². The first-order valence-corrected chi connectivity index (χ1v) is 3.07. The monoisotopic (exact) mass is 148 g/mol. The summed E-state index contributed by atoms with van der Waals surface area (Å²) in [5.74, 6) is 0. The van der Waals surface area contributed by atoms with Gasteiger partial charge in [-0.05, 0) is 13.8 Å². The van der Waals surface area contributed by atoms with Crippen LogP contribution in [-0.2, 0) is 14.2 Å². The summed E-state index contributed by atoms with van der Waals surface area (Å²) in [4.78, 5) is 10.4. The van der Waals surface area contributed by atoms with Gasteiger partial charge in [-0.15, -0.1) is 0 Å². The van der Waals surface area contributed by atoms with Gasteiger partial charge in [0.1, 0.15) is 0 Å². The second-order valence-electron chi connectivity index (χ2n) is 1.59. The van der Waals surface area contributed by atoms with Crippen LogP contribution in [0.15, 0.2) is 0 Å². The van der Waals surface area contributed by atoms with E-state index in [2.05, 4.69) is 9.47 Å². The maximum atomic E-state index is 10.4. The summed E-state index contributed by atoms with van der Waals surface area (Å²) >= 11 is 0. The van der Waals surface area contributed by atoms with Crippen molar-refractivity contribution < 1.29 is 19.0 Å². The third kappa shape index (κ3) is 4.14. The number of carbonyl (C=O) groups excluding carboxylic acids is 1. The highest BCUT2D eigenvalue weighted by atomic mass is 16.8. The normalized spacial score (nSPS) is 12.3. The van der Waals surface area contributed by atoms with Gasteiger partial charge < -0.3 is 14.2 Å². The molecule has 0 aliphatic rings. The van der Waals surface area contributed by atoms with Gasteiger partial charge >= 0.3 is 6.16 Å². The van der Waals surface area contributed by atoms with Crippen molar-refractivity contribution in [1.29, 1.82) is 0 Å². The molecule has 0 fully saturated rings. The zero-order valence-corrected chi connectivity index (χ0v) is 6.42. The van der Waals surface area contributed by atoms with E-state index < -0.39 is 12.4 Å². The first-order valence-electron chi connectivity index (χ1n) is 3.07. The van der Waals surface area contributed by atoms with Gasteiger partial charge in [0.15, 0.2) is 0 Å². The highest BCUT2D eigenvalue weighted by Crippen LogP contribution is 1.94. The van der Waals surface area contributed by atoms with Crippen LogP contribution in [0.5, 0.6) is 0 Å².